The molecule has 1 aliphatic heterocycles. The average molecular weight is 376 g/mol. The number of rotatable bonds is 4. The van der Waals surface area contributed by atoms with Gasteiger partial charge in [0.2, 0.25) is 5.95 Å². The third-order valence-corrected chi connectivity index (χ3v) is 4.90. The van der Waals surface area contributed by atoms with Crippen LogP contribution in [0.3, 0.4) is 0 Å². The number of anilines is 2. The summed E-state index contributed by atoms with van der Waals surface area (Å²) < 4.78 is 13.8. The molecular formula is C22H21FN4O. The molecule has 0 fully saturated rings. The Kier molecular flexibility index (Phi) is 4.77. The number of carbonyl (C=O) groups is 1. The number of fused-ring (bicyclic) bond motifs is 1. The Morgan fingerprint density at radius 1 is 1.18 bits per heavy atom. The highest BCUT2D eigenvalue weighted by Crippen LogP contribution is 2.36. The summed E-state index contributed by atoms with van der Waals surface area (Å²) in [6.07, 6.45) is 0.905. The second-order valence-electron chi connectivity index (χ2n) is 7.02. The molecule has 0 saturated heterocycles. The number of hydrogen-bond donors (Lipinski definition) is 1. The highest BCUT2D eigenvalue weighted by molar-refractivity contribution is 5.92. The number of amides is 1. The van der Waals surface area contributed by atoms with Gasteiger partial charge in [0.25, 0.3) is 5.91 Å². The molecule has 1 atom stereocenters. The van der Waals surface area contributed by atoms with Crippen LogP contribution < -0.4 is 10.2 Å². The monoisotopic (exact) mass is 376 g/mol. The third kappa shape index (κ3) is 3.45. The fourth-order valence-corrected chi connectivity index (χ4v) is 3.56. The van der Waals surface area contributed by atoms with Gasteiger partial charge in [-0.2, -0.15) is 0 Å². The lowest BCUT2D eigenvalue weighted by Gasteiger charge is -2.23. The normalized spacial score (nSPS) is 15.4. The van der Waals surface area contributed by atoms with Gasteiger partial charge in [0.05, 0.1) is 0 Å². The topological polar surface area (TPSA) is 58.1 Å². The maximum Gasteiger partial charge on any atom is 0.270 e. The number of carbonyl (C=O) groups excluding carboxylic acids is 1. The first-order valence-corrected chi connectivity index (χ1v) is 9.27. The van der Waals surface area contributed by atoms with Gasteiger partial charge in [-0.1, -0.05) is 36.4 Å². The van der Waals surface area contributed by atoms with Gasteiger partial charge in [0, 0.05) is 29.5 Å². The minimum Gasteiger partial charge on any atom is -0.347 e. The molecule has 3 aromatic rings. The zero-order valence-corrected chi connectivity index (χ0v) is 15.8. The van der Waals surface area contributed by atoms with Crippen LogP contribution in [-0.2, 0) is 13.0 Å². The van der Waals surface area contributed by atoms with Crippen molar-refractivity contribution < 1.29 is 9.18 Å². The number of hydrogen-bond acceptors (Lipinski definition) is 4. The second-order valence-corrected chi connectivity index (χ2v) is 7.02. The molecule has 28 heavy (non-hydrogen) atoms. The van der Waals surface area contributed by atoms with Gasteiger partial charge in [0.1, 0.15) is 11.5 Å². The lowest BCUT2D eigenvalue weighted by molar-refractivity contribution is 0.0945. The van der Waals surface area contributed by atoms with Crippen molar-refractivity contribution >= 4 is 17.5 Å². The summed E-state index contributed by atoms with van der Waals surface area (Å²) in [5.74, 6) is -0.187. The number of para-hydroxylation sites is 1. The third-order valence-electron chi connectivity index (χ3n) is 4.90. The van der Waals surface area contributed by atoms with Gasteiger partial charge >= 0.3 is 0 Å². The summed E-state index contributed by atoms with van der Waals surface area (Å²) in [5, 5.41) is 2.74. The van der Waals surface area contributed by atoms with Crippen LogP contribution in [0.25, 0.3) is 0 Å². The van der Waals surface area contributed by atoms with Crippen LogP contribution in [0.4, 0.5) is 16.0 Å². The van der Waals surface area contributed by atoms with Crippen molar-refractivity contribution in [3.8, 4) is 0 Å². The molecule has 2 aromatic carbocycles. The molecule has 5 nitrogen and oxygen atoms in total. The molecule has 1 N–H and O–H groups in total. The van der Waals surface area contributed by atoms with E-state index in [9.17, 15) is 9.18 Å². The number of nitrogens with zero attached hydrogens (tertiary/aromatic N) is 3. The Balaban J connectivity index is 1.59. The molecule has 2 heterocycles. The molecule has 142 valence electrons. The van der Waals surface area contributed by atoms with Crippen molar-refractivity contribution in [3.63, 3.8) is 0 Å². The Bertz CT molecular complexity index is 1040. The lowest BCUT2D eigenvalue weighted by Crippen LogP contribution is -2.29. The summed E-state index contributed by atoms with van der Waals surface area (Å²) in [6.45, 7) is 4.06. The predicted octanol–water partition coefficient (Wildman–Crippen LogP) is 3.94. The highest BCUT2D eigenvalue weighted by Gasteiger charge is 2.29. The fraction of sp³-hybridized carbons (Fsp3) is 0.227. The smallest absolute Gasteiger partial charge is 0.270 e. The first-order chi connectivity index (χ1) is 13.5. The average Bonchev–Trinajstić information content (AvgIpc) is 3.02. The zero-order chi connectivity index (χ0) is 19.7. The van der Waals surface area contributed by atoms with Gasteiger partial charge < -0.3 is 10.2 Å². The largest absolute Gasteiger partial charge is 0.347 e. The Labute approximate surface area is 163 Å². The van der Waals surface area contributed by atoms with Crippen LogP contribution in [0.15, 0.2) is 54.6 Å². The predicted molar refractivity (Wildman–Crippen MR) is 106 cm³/mol. The zero-order valence-electron chi connectivity index (χ0n) is 15.8. The first-order valence-electron chi connectivity index (χ1n) is 9.27. The van der Waals surface area contributed by atoms with Crippen molar-refractivity contribution in [2.24, 2.45) is 0 Å². The van der Waals surface area contributed by atoms with Gasteiger partial charge in [-0.3, -0.25) is 4.79 Å². The molecule has 0 spiro atoms. The van der Waals surface area contributed by atoms with Crippen LogP contribution in [0, 0.1) is 12.7 Å². The van der Waals surface area contributed by atoms with E-state index in [1.165, 1.54) is 11.6 Å². The molecule has 0 radical (unpaired) electrons. The Morgan fingerprint density at radius 2 is 1.93 bits per heavy atom. The molecule has 1 aliphatic rings. The number of halogens is 1. The fourth-order valence-electron chi connectivity index (χ4n) is 3.56. The summed E-state index contributed by atoms with van der Waals surface area (Å²) in [5.41, 5.74) is 3.72. The van der Waals surface area contributed by atoms with E-state index in [1.807, 2.05) is 25.1 Å². The maximum absolute atomic E-state index is 13.8. The SMILES string of the molecule is Cc1cc(C(=O)NCc2ccccc2F)nc(N2c3ccccc3CC2C)n1. The number of nitrogens with one attached hydrogen (secondary N) is 1. The van der Waals surface area contributed by atoms with Gasteiger partial charge in [-0.25, -0.2) is 14.4 Å². The maximum atomic E-state index is 13.8. The minimum atomic E-state index is -0.352. The van der Waals surface area contributed by atoms with Crippen molar-refractivity contribution in [2.45, 2.75) is 32.9 Å². The summed E-state index contributed by atoms with van der Waals surface area (Å²) >= 11 is 0. The molecule has 0 bridgehead atoms. The van der Waals surface area contributed by atoms with E-state index < -0.39 is 0 Å². The van der Waals surface area contributed by atoms with Crippen LogP contribution in [0.5, 0.6) is 0 Å². The quantitative estimate of drug-likeness (QED) is 0.749. The molecule has 4 rings (SSSR count). The van der Waals surface area contributed by atoms with Crippen molar-refractivity contribution in [2.75, 3.05) is 4.90 Å². The molecule has 1 aromatic heterocycles. The summed E-state index contributed by atoms with van der Waals surface area (Å²) in [6, 6.07) is 16.4. The number of aromatic nitrogens is 2. The van der Waals surface area contributed by atoms with Crippen LogP contribution in [0.2, 0.25) is 0 Å². The van der Waals surface area contributed by atoms with E-state index >= 15 is 0 Å². The summed E-state index contributed by atoms with van der Waals surface area (Å²) in [4.78, 5) is 23.8. The molecule has 1 unspecified atom stereocenters. The van der Waals surface area contributed by atoms with Gasteiger partial charge in [0.15, 0.2) is 0 Å². The van der Waals surface area contributed by atoms with Crippen molar-refractivity contribution in [1.82, 2.24) is 15.3 Å². The molecule has 6 heteroatoms. The van der Waals surface area contributed by atoms with E-state index in [1.54, 1.807) is 24.3 Å². The molecule has 0 saturated carbocycles. The van der Waals surface area contributed by atoms with E-state index in [-0.39, 0.29) is 30.0 Å². The van der Waals surface area contributed by atoms with Crippen molar-refractivity contribution in [3.05, 3.63) is 82.9 Å². The van der Waals surface area contributed by atoms with Gasteiger partial charge in [-0.15, -0.1) is 0 Å². The Hall–Kier alpha value is -3.28. The standard InChI is InChI=1S/C22H21FN4O/c1-14-11-19(21(28)24-13-17-8-3-5-9-18(17)23)26-22(25-14)27-15(2)12-16-7-4-6-10-20(16)27/h3-11,15H,12-13H2,1-2H3,(H,24,28). The number of aryl methyl sites for hydroxylation is 1. The van der Waals surface area contributed by atoms with E-state index in [0.717, 1.165) is 12.1 Å². The van der Waals surface area contributed by atoms with Crippen molar-refractivity contribution in [1.29, 1.82) is 0 Å². The van der Waals surface area contributed by atoms with Gasteiger partial charge in [-0.05, 0) is 44.0 Å². The molecular weight excluding hydrogens is 355 g/mol. The van der Waals surface area contributed by atoms with Crippen LogP contribution in [0.1, 0.15) is 34.2 Å². The summed E-state index contributed by atoms with van der Waals surface area (Å²) in [7, 11) is 0. The number of benzene rings is 2. The van der Waals surface area contributed by atoms with E-state index in [0.29, 0.717) is 17.2 Å². The first kappa shape index (κ1) is 18.1. The van der Waals surface area contributed by atoms with Crippen LogP contribution >= 0.6 is 0 Å². The molecule has 1 amide bonds. The van der Waals surface area contributed by atoms with E-state index in [2.05, 4.69) is 33.2 Å². The minimum absolute atomic E-state index is 0.104. The highest BCUT2D eigenvalue weighted by atomic mass is 19.1. The molecule has 0 aliphatic carbocycles. The van der Waals surface area contributed by atoms with E-state index in [4.69, 9.17) is 0 Å². The lowest BCUT2D eigenvalue weighted by atomic mass is 10.1. The Morgan fingerprint density at radius 3 is 2.75 bits per heavy atom. The van der Waals surface area contributed by atoms with Crippen LogP contribution in [-0.4, -0.2) is 21.9 Å². The second kappa shape index (κ2) is 7.38.